The molecule has 5 unspecified atom stereocenters. The zero-order valence-electron chi connectivity index (χ0n) is 20.8. The van der Waals surface area contributed by atoms with Crippen molar-refractivity contribution in [2.75, 3.05) is 12.3 Å². The fourth-order valence-corrected chi connectivity index (χ4v) is 8.38. The van der Waals surface area contributed by atoms with Crippen LogP contribution in [0.1, 0.15) is 80.9 Å². The van der Waals surface area contributed by atoms with Gasteiger partial charge in [-0.15, -0.1) is 0 Å². The molecule has 5 rings (SSSR count). The lowest BCUT2D eigenvalue weighted by Gasteiger charge is -2.29. The molecule has 9 nitrogen and oxygen atoms in total. The Bertz CT molecular complexity index is 1190. The standard InChI is InChI=1S/C26H35N3O6S/c1-2-21(30)19(12-15-6-4-10-22(15)31)28-25(32)24-17-8-3-7-16(17)14-29(24)26(33)20-13-23-18(27-20)9-5-11-36(23,34)35/h13,15-17,19,24,27H,2-12,14H2,1H3,(H,28,32). The lowest BCUT2D eigenvalue weighted by molar-refractivity contribution is -0.131. The number of aromatic nitrogens is 1. The third-order valence-corrected chi connectivity index (χ3v) is 10.5. The smallest absolute Gasteiger partial charge is 0.271 e. The van der Waals surface area contributed by atoms with E-state index in [0.29, 0.717) is 37.9 Å². The molecule has 196 valence electrons. The van der Waals surface area contributed by atoms with E-state index in [1.807, 2.05) is 0 Å². The molecular formula is C26H35N3O6S. The largest absolute Gasteiger partial charge is 0.353 e. The SMILES string of the molecule is CCC(=O)C(CC1CCCC1=O)NC(=O)C1C2CCCC2CN1C(=O)c1cc2c([nH]1)CCCS2(=O)=O. The van der Waals surface area contributed by atoms with E-state index in [1.165, 1.54) is 6.07 Å². The number of aromatic amines is 1. The molecule has 0 aromatic carbocycles. The number of nitrogens with one attached hydrogen (secondary N) is 2. The van der Waals surface area contributed by atoms with E-state index >= 15 is 0 Å². The first-order valence-corrected chi connectivity index (χ1v) is 15.0. The molecule has 4 aliphatic rings. The van der Waals surface area contributed by atoms with Crippen LogP contribution in [0.25, 0.3) is 0 Å². The summed E-state index contributed by atoms with van der Waals surface area (Å²) in [6, 6.07) is -0.0343. The Labute approximate surface area is 211 Å². The third kappa shape index (κ3) is 4.53. The monoisotopic (exact) mass is 517 g/mol. The van der Waals surface area contributed by atoms with E-state index in [0.717, 1.165) is 32.1 Å². The van der Waals surface area contributed by atoms with E-state index in [1.54, 1.807) is 11.8 Å². The maximum atomic E-state index is 13.7. The second-order valence-corrected chi connectivity index (χ2v) is 13.0. The number of aryl methyl sites for hydroxylation is 1. The van der Waals surface area contributed by atoms with Crippen molar-refractivity contribution < 1.29 is 27.6 Å². The predicted octanol–water partition coefficient (Wildman–Crippen LogP) is 2.20. The summed E-state index contributed by atoms with van der Waals surface area (Å²) in [5, 5.41) is 2.93. The summed E-state index contributed by atoms with van der Waals surface area (Å²) in [6.07, 6.45) is 6.48. The van der Waals surface area contributed by atoms with Gasteiger partial charge in [0.15, 0.2) is 15.6 Å². The van der Waals surface area contributed by atoms with Crippen molar-refractivity contribution in [3.05, 3.63) is 17.5 Å². The van der Waals surface area contributed by atoms with Gasteiger partial charge in [-0.05, 0) is 62.8 Å². The maximum absolute atomic E-state index is 13.7. The number of H-pyrrole nitrogens is 1. The van der Waals surface area contributed by atoms with Crippen LogP contribution in [0.3, 0.4) is 0 Å². The van der Waals surface area contributed by atoms with E-state index in [4.69, 9.17) is 0 Å². The molecule has 2 N–H and O–H groups in total. The second kappa shape index (κ2) is 9.76. The van der Waals surface area contributed by atoms with Gasteiger partial charge in [0.2, 0.25) is 5.91 Å². The first-order valence-electron chi connectivity index (χ1n) is 13.3. The van der Waals surface area contributed by atoms with Crippen molar-refractivity contribution in [2.45, 2.75) is 88.1 Å². The number of ketones is 2. The molecule has 1 aromatic heterocycles. The molecule has 0 spiro atoms. The Morgan fingerprint density at radius 1 is 1.14 bits per heavy atom. The van der Waals surface area contributed by atoms with Crippen molar-refractivity contribution >= 4 is 33.2 Å². The van der Waals surface area contributed by atoms with Gasteiger partial charge in [0.05, 0.1) is 16.7 Å². The van der Waals surface area contributed by atoms with Crippen LogP contribution in [0.2, 0.25) is 0 Å². The van der Waals surface area contributed by atoms with E-state index < -0.39 is 21.9 Å². The number of sulfone groups is 1. The van der Waals surface area contributed by atoms with Gasteiger partial charge in [-0.25, -0.2) is 8.42 Å². The van der Waals surface area contributed by atoms with Crippen molar-refractivity contribution in [3.8, 4) is 0 Å². The highest BCUT2D eigenvalue weighted by atomic mass is 32.2. The number of hydrogen-bond acceptors (Lipinski definition) is 6. The van der Waals surface area contributed by atoms with Crippen molar-refractivity contribution in [1.82, 2.24) is 15.2 Å². The van der Waals surface area contributed by atoms with Crippen molar-refractivity contribution in [3.63, 3.8) is 0 Å². The minimum absolute atomic E-state index is 0.00719. The molecule has 2 aliphatic carbocycles. The first kappa shape index (κ1) is 25.2. The number of Topliss-reactive ketones (excluding diaryl/α,β-unsaturated/α-hetero) is 2. The van der Waals surface area contributed by atoms with Gasteiger partial charge in [0, 0.05) is 31.0 Å². The fourth-order valence-electron chi connectivity index (χ4n) is 6.81. The van der Waals surface area contributed by atoms with Crippen molar-refractivity contribution in [2.24, 2.45) is 17.8 Å². The lowest BCUT2D eigenvalue weighted by Crippen LogP contribution is -2.53. The first-order chi connectivity index (χ1) is 17.2. The number of fused-ring (bicyclic) bond motifs is 2. The molecule has 2 aliphatic heterocycles. The van der Waals surface area contributed by atoms with Gasteiger partial charge in [-0.2, -0.15) is 0 Å². The Hall–Kier alpha value is -2.49. The topological polar surface area (TPSA) is 133 Å². The van der Waals surface area contributed by atoms with Crippen LogP contribution >= 0.6 is 0 Å². The number of rotatable bonds is 7. The summed E-state index contributed by atoms with van der Waals surface area (Å²) in [5.74, 6) is -0.610. The molecule has 0 radical (unpaired) electrons. The molecular weight excluding hydrogens is 482 g/mol. The molecule has 2 amide bonds. The molecule has 0 bridgehead atoms. The van der Waals surface area contributed by atoms with Gasteiger partial charge in [0.25, 0.3) is 5.91 Å². The molecule has 10 heteroatoms. The molecule has 1 saturated heterocycles. The van der Waals surface area contributed by atoms with E-state index in [-0.39, 0.29) is 63.9 Å². The third-order valence-electron chi connectivity index (χ3n) is 8.69. The highest BCUT2D eigenvalue weighted by molar-refractivity contribution is 7.91. The molecule has 36 heavy (non-hydrogen) atoms. The van der Waals surface area contributed by atoms with Gasteiger partial charge in [-0.3, -0.25) is 19.2 Å². The van der Waals surface area contributed by atoms with E-state index in [9.17, 15) is 27.6 Å². The minimum atomic E-state index is -3.41. The van der Waals surface area contributed by atoms with Crippen LogP contribution in [-0.4, -0.2) is 66.1 Å². The summed E-state index contributed by atoms with van der Waals surface area (Å²) in [7, 11) is -3.41. The number of nitrogens with zero attached hydrogens (tertiary/aromatic N) is 1. The van der Waals surface area contributed by atoms with Crippen LogP contribution < -0.4 is 5.32 Å². The zero-order valence-corrected chi connectivity index (χ0v) is 21.6. The van der Waals surface area contributed by atoms with Crippen LogP contribution in [0.15, 0.2) is 11.0 Å². The summed E-state index contributed by atoms with van der Waals surface area (Å²) in [5.41, 5.74) is 0.751. The van der Waals surface area contributed by atoms with Crippen LogP contribution in [-0.2, 0) is 30.6 Å². The molecule has 1 aromatic rings. The fraction of sp³-hybridized carbons (Fsp3) is 0.692. The molecule has 5 atom stereocenters. The summed E-state index contributed by atoms with van der Waals surface area (Å²) >= 11 is 0. The molecule has 3 fully saturated rings. The van der Waals surface area contributed by atoms with Gasteiger partial charge < -0.3 is 15.2 Å². The predicted molar refractivity (Wildman–Crippen MR) is 131 cm³/mol. The van der Waals surface area contributed by atoms with Crippen LogP contribution in [0.5, 0.6) is 0 Å². The van der Waals surface area contributed by atoms with Gasteiger partial charge >= 0.3 is 0 Å². The Kier molecular flexibility index (Phi) is 6.82. The summed E-state index contributed by atoms with van der Waals surface area (Å²) < 4.78 is 25.0. The average molecular weight is 518 g/mol. The Balaban J connectivity index is 1.38. The number of amides is 2. The Morgan fingerprint density at radius 2 is 1.94 bits per heavy atom. The number of hydrogen-bond donors (Lipinski definition) is 2. The van der Waals surface area contributed by atoms with Gasteiger partial charge in [-0.1, -0.05) is 13.3 Å². The number of carbonyl (C=O) groups is 4. The average Bonchev–Trinajstić information content (AvgIpc) is 3.61. The van der Waals surface area contributed by atoms with Crippen LogP contribution in [0, 0.1) is 17.8 Å². The summed E-state index contributed by atoms with van der Waals surface area (Å²) in [6.45, 7) is 2.18. The number of carbonyl (C=O) groups excluding carboxylic acids is 4. The van der Waals surface area contributed by atoms with Crippen molar-refractivity contribution in [1.29, 1.82) is 0 Å². The van der Waals surface area contributed by atoms with Gasteiger partial charge in [0.1, 0.15) is 17.5 Å². The van der Waals surface area contributed by atoms with E-state index in [2.05, 4.69) is 10.3 Å². The second-order valence-electron chi connectivity index (χ2n) is 10.9. The molecule has 3 heterocycles. The lowest BCUT2D eigenvalue weighted by atomic mass is 9.91. The molecule has 2 saturated carbocycles. The normalized spacial score (nSPS) is 29.6. The highest BCUT2D eigenvalue weighted by Gasteiger charge is 2.50. The highest BCUT2D eigenvalue weighted by Crippen LogP contribution is 2.43. The summed E-state index contributed by atoms with van der Waals surface area (Å²) in [4.78, 5) is 57.0. The van der Waals surface area contributed by atoms with Crippen LogP contribution in [0.4, 0.5) is 0 Å². The minimum Gasteiger partial charge on any atom is -0.353 e. The zero-order chi connectivity index (χ0) is 25.6. The quantitative estimate of drug-likeness (QED) is 0.570. The number of likely N-dealkylation sites (tertiary alicyclic amines) is 1. The maximum Gasteiger partial charge on any atom is 0.271 e. The Morgan fingerprint density at radius 3 is 2.64 bits per heavy atom.